The lowest BCUT2D eigenvalue weighted by atomic mass is 10.2. The van der Waals surface area contributed by atoms with Crippen molar-refractivity contribution in [3.05, 3.63) is 63.2 Å². The van der Waals surface area contributed by atoms with E-state index in [1.807, 2.05) is 69.9 Å². The van der Waals surface area contributed by atoms with Crippen molar-refractivity contribution in [1.82, 2.24) is 29.5 Å². The van der Waals surface area contributed by atoms with Gasteiger partial charge in [-0.1, -0.05) is 11.6 Å². The van der Waals surface area contributed by atoms with Crippen LogP contribution in [0.25, 0.3) is 22.5 Å². The van der Waals surface area contributed by atoms with Crippen LogP contribution >= 0.6 is 43.5 Å². The fourth-order valence-electron chi connectivity index (χ4n) is 2.62. The smallest absolute Gasteiger partial charge is 0.129 e. The van der Waals surface area contributed by atoms with Gasteiger partial charge in [0.25, 0.3) is 0 Å². The minimum absolute atomic E-state index is 0.487. The first-order valence-corrected chi connectivity index (χ1v) is 10.8. The maximum atomic E-state index is 5.70. The summed E-state index contributed by atoms with van der Waals surface area (Å²) in [5.41, 5.74) is 3.75. The number of hydrogen-bond donors (Lipinski definition) is 0. The van der Waals surface area contributed by atoms with Crippen molar-refractivity contribution in [1.29, 1.82) is 0 Å². The van der Waals surface area contributed by atoms with Gasteiger partial charge in [0.15, 0.2) is 0 Å². The van der Waals surface area contributed by atoms with Crippen molar-refractivity contribution in [3.8, 4) is 22.5 Å². The highest BCUT2D eigenvalue weighted by atomic mass is 79.9. The van der Waals surface area contributed by atoms with Crippen LogP contribution in [0.4, 0.5) is 5.82 Å². The summed E-state index contributed by atoms with van der Waals surface area (Å²) in [5, 5.41) is 9.15. The average molecular weight is 554 g/mol. The fraction of sp³-hybridized carbons (Fsp3) is 0.200. The number of aromatic nitrogens is 6. The van der Waals surface area contributed by atoms with Gasteiger partial charge in [0.2, 0.25) is 0 Å². The maximum absolute atomic E-state index is 5.70. The number of anilines is 1. The van der Waals surface area contributed by atoms with E-state index in [9.17, 15) is 0 Å². The lowest BCUT2D eigenvalue weighted by Gasteiger charge is -2.10. The van der Waals surface area contributed by atoms with Crippen molar-refractivity contribution in [2.24, 2.45) is 14.1 Å². The zero-order valence-corrected chi connectivity index (χ0v) is 20.8. The summed E-state index contributed by atoms with van der Waals surface area (Å²) in [6.45, 7) is 0. The number of hydrogen-bond acceptors (Lipinski definition) is 5. The summed E-state index contributed by atoms with van der Waals surface area (Å²) >= 11 is 12.6. The van der Waals surface area contributed by atoms with Crippen LogP contribution < -0.4 is 4.90 Å². The van der Waals surface area contributed by atoms with Gasteiger partial charge in [0.05, 0.1) is 8.95 Å². The van der Waals surface area contributed by atoms with Crippen LogP contribution in [0.3, 0.4) is 0 Å². The van der Waals surface area contributed by atoms with Gasteiger partial charge in [-0.3, -0.25) is 9.36 Å². The fourth-order valence-corrected chi connectivity index (χ4v) is 3.94. The Morgan fingerprint density at radius 3 is 1.63 bits per heavy atom. The second kappa shape index (κ2) is 9.72. The van der Waals surface area contributed by atoms with E-state index in [2.05, 4.69) is 52.0 Å². The zero-order valence-electron chi connectivity index (χ0n) is 16.9. The Morgan fingerprint density at radius 2 is 1.30 bits per heavy atom. The Kier molecular flexibility index (Phi) is 7.27. The molecule has 4 aromatic heterocycles. The molecule has 4 rings (SSSR count). The molecule has 7 nitrogen and oxygen atoms in total. The summed E-state index contributed by atoms with van der Waals surface area (Å²) in [5.74, 6) is 0.941. The number of pyridine rings is 2. The summed E-state index contributed by atoms with van der Waals surface area (Å²) in [6.07, 6.45) is 7.36. The molecule has 0 amide bonds. The molecule has 0 saturated heterocycles. The molecule has 10 heteroatoms. The standard InChI is InChI=1S/C11H13BrN4.C9H7BrClN3/c1-15(2)10-5-4-8(6-13-10)11-9(12)7-16(3)14-11;1-14-5-7(10)9(13-14)6-2-3-8(11)12-4-6/h4-7H,1-3H3;2-5H,1H3. The zero-order chi connectivity index (χ0) is 21.8. The van der Waals surface area contributed by atoms with Gasteiger partial charge < -0.3 is 4.90 Å². The highest BCUT2D eigenvalue weighted by Gasteiger charge is 2.09. The van der Waals surface area contributed by atoms with E-state index in [-0.39, 0.29) is 0 Å². The molecule has 0 aliphatic heterocycles. The number of rotatable bonds is 3. The van der Waals surface area contributed by atoms with E-state index < -0.39 is 0 Å². The van der Waals surface area contributed by atoms with Crippen molar-refractivity contribution in [2.45, 2.75) is 0 Å². The third-order valence-corrected chi connectivity index (χ3v) is 5.43. The minimum Gasteiger partial charge on any atom is -0.363 e. The lowest BCUT2D eigenvalue weighted by molar-refractivity contribution is 0.770. The molecular formula is C20H20Br2ClN7. The van der Waals surface area contributed by atoms with Crippen LogP contribution in [0.1, 0.15) is 0 Å². The molecule has 0 atom stereocenters. The summed E-state index contributed by atoms with van der Waals surface area (Å²) in [6, 6.07) is 7.65. The number of halogens is 3. The van der Waals surface area contributed by atoms with E-state index >= 15 is 0 Å². The molecule has 0 unspecified atom stereocenters. The highest BCUT2D eigenvalue weighted by molar-refractivity contribution is 9.11. The maximum Gasteiger partial charge on any atom is 0.129 e. The van der Waals surface area contributed by atoms with Gasteiger partial charge in [0, 0.05) is 64.1 Å². The Balaban J connectivity index is 0.000000172. The largest absolute Gasteiger partial charge is 0.363 e. The van der Waals surface area contributed by atoms with Crippen LogP contribution in [0.2, 0.25) is 5.15 Å². The van der Waals surface area contributed by atoms with E-state index in [1.165, 1.54) is 0 Å². The van der Waals surface area contributed by atoms with Gasteiger partial charge >= 0.3 is 0 Å². The van der Waals surface area contributed by atoms with Crippen molar-refractivity contribution >= 4 is 49.3 Å². The number of aryl methyl sites for hydroxylation is 2. The van der Waals surface area contributed by atoms with Crippen LogP contribution in [0.15, 0.2) is 58.0 Å². The van der Waals surface area contributed by atoms with Crippen LogP contribution in [-0.2, 0) is 14.1 Å². The first-order valence-electron chi connectivity index (χ1n) is 8.88. The van der Waals surface area contributed by atoms with Gasteiger partial charge in [-0.05, 0) is 56.1 Å². The molecule has 30 heavy (non-hydrogen) atoms. The van der Waals surface area contributed by atoms with Gasteiger partial charge in [-0.25, -0.2) is 9.97 Å². The Hall–Kier alpha value is -2.23. The monoisotopic (exact) mass is 551 g/mol. The molecule has 0 aliphatic carbocycles. The molecule has 156 valence electrons. The third kappa shape index (κ3) is 5.47. The average Bonchev–Trinajstić information content (AvgIpc) is 3.23. The van der Waals surface area contributed by atoms with Crippen LogP contribution in [0.5, 0.6) is 0 Å². The summed E-state index contributed by atoms with van der Waals surface area (Å²) in [7, 11) is 7.71. The molecule has 4 heterocycles. The van der Waals surface area contributed by atoms with E-state index in [0.29, 0.717) is 5.15 Å². The SMILES string of the molecule is CN(C)c1ccc(-c2nn(C)cc2Br)cn1.Cn1cc(Br)c(-c2ccc(Cl)nc2)n1. The molecule has 0 aliphatic rings. The molecule has 0 aromatic carbocycles. The number of nitrogens with zero attached hydrogens (tertiary/aromatic N) is 7. The third-order valence-electron chi connectivity index (χ3n) is 4.05. The summed E-state index contributed by atoms with van der Waals surface area (Å²) in [4.78, 5) is 10.3. The minimum atomic E-state index is 0.487. The lowest BCUT2D eigenvalue weighted by Crippen LogP contribution is -2.10. The van der Waals surface area contributed by atoms with Crippen LogP contribution in [0, 0.1) is 0 Å². The highest BCUT2D eigenvalue weighted by Crippen LogP contribution is 2.27. The van der Waals surface area contributed by atoms with Crippen molar-refractivity contribution < 1.29 is 0 Å². The molecule has 0 bridgehead atoms. The van der Waals surface area contributed by atoms with Crippen molar-refractivity contribution in [2.75, 3.05) is 19.0 Å². The molecule has 0 saturated carbocycles. The van der Waals surface area contributed by atoms with Gasteiger partial charge in [0.1, 0.15) is 22.4 Å². The molecular weight excluding hydrogens is 534 g/mol. The Bertz CT molecular complexity index is 1120. The quantitative estimate of drug-likeness (QED) is 0.326. The normalized spacial score (nSPS) is 10.5. The first kappa shape index (κ1) is 22.5. The Morgan fingerprint density at radius 1 is 0.800 bits per heavy atom. The van der Waals surface area contributed by atoms with Crippen molar-refractivity contribution in [3.63, 3.8) is 0 Å². The first-order chi connectivity index (χ1) is 14.2. The topological polar surface area (TPSA) is 64.7 Å². The predicted molar refractivity (Wildman–Crippen MR) is 128 cm³/mol. The molecule has 0 fully saturated rings. The molecule has 4 aromatic rings. The molecule has 0 N–H and O–H groups in total. The van der Waals surface area contributed by atoms with Gasteiger partial charge in [-0.2, -0.15) is 10.2 Å². The Labute approximate surface area is 197 Å². The predicted octanol–water partition coefficient (Wildman–Crippen LogP) is 5.21. The molecule has 0 spiro atoms. The molecule has 0 radical (unpaired) electrons. The summed E-state index contributed by atoms with van der Waals surface area (Å²) < 4.78 is 5.45. The van der Waals surface area contributed by atoms with E-state index in [0.717, 1.165) is 37.3 Å². The second-order valence-corrected chi connectivity index (χ2v) is 8.76. The van der Waals surface area contributed by atoms with E-state index in [4.69, 9.17) is 11.6 Å². The second-order valence-electron chi connectivity index (χ2n) is 6.67. The van der Waals surface area contributed by atoms with Gasteiger partial charge in [-0.15, -0.1) is 0 Å². The van der Waals surface area contributed by atoms with Crippen LogP contribution in [-0.4, -0.2) is 43.6 Å². The van der Waals surface area contributed by atoms with E-state index in [1.54, 1.807) is 21.6 Å².